The number of aromatic nitrogens is 4. The van der Waals surface area contributed by atoms with Crippen LogP contribution >= 0.6 is 11.9 Å². The van der Waals surface area contributed by atoms with Crippen molar-refractivity contribution in [3.63, 3.8) is 0 Å². The van der Waals surface area contributed by atoms with Crippen molar-refractivity contribution in [2.75, 3.05) is 4.72 Å². The molecule has 1 aliphatic carbocycles. The average molecular weight is 436 g/mol. The van der Waals surface area contributed by atoms with Crippen LogP contribution in [0, 0.1) is 17.6 Å². The van der Waals surface area contributed by atoms with Crippen LogP contribution in [0.25, 0.3) is 0 Å². The highest BCUT2D eigenvalue weighted by molar-refractivity contribution is 8.00. The van der Waals surface area contributed by atoms with Gasteiger partial charge in [-0.05, 0) is 30.0 Å². The molecule has 30 heavy (non-hydrogen) atoms. The van der Waals surface area contributed by atoms with Gasteiger partial charge in [-0.3, -0.25) is 4.68 Å². The number of nitrogens with zero attached hydrogens (tertiary/aromatic N) is 4. The second-order valence-corrected chi connectivity index (χ2v) is 7.78. The van der Waals surface area contributed by atoms with Gasteiger partial charge in [0.15, 0.2) is 0 Å². The number of hydrogen-bond acceptors (Lipinski definition) is 6. The van der Waals surface area contributed by atoms with E-state index in [2.05, 4.69) is 26.7 Å². The van der Waals surface area contributed by atoms with Crippen LogP contribution in [0.2, 0.25) is 0 Å². The molecule has 1 aromatic carbocycles. The summed E-state index contributed by atoms with van der Waals surface area (Å²) in [5, 5.41) is 12.8. The molecule has 6 nitrogen and oxygen atoms in total. The molecule has 1 saturated carbocycles. The Balaban J connectivity index is 0.000000200. The molecule has 2 heterocycles. The zero-order valence-corrected chi connectivity index (χ0v) is 17.9. The SMILES string of the molecule is CC1CCCCC1.Cn1cccn1.Oc1cc(F)c(SNc2ccncn2)c(F)c1. The van der Waals surface area contributed by atoms with E-state index in [-0.39, 0.29) is 4.90 Å². The Labute approximate surface area is 179 Å². The number of aromatic hydroxyl groups is 1. The van der Waals surface area contributed by atoms with Crippen LogP contribution in [0.15, 0.2) is 54.1 Å². The van der Waals surface area contributed by atoms with E-state index in [0.29, 0.717) is 5.82 Å². The zero-order chi connectivity index (χ0) is 21.8. The van der Waals surface area contributed by atoms with Crippen molar-refractivity contribution in [3.05, 3.63) is 60.8 Å². The van der Waals surface area contributed by atoms with Gasteiger partial charge in [0.2, 0.25) is 0 Å². The van der Waals surface area contributed by atoms with Gasteiger partial charge in [-0.15, -0.1) is 0 Å². The van der Waals surface area contributed by atoms with Crippen molar-refractivity contribution >= 4 is 17.8 Å². The minimum atomic E-state index is -0.839. The largest absolute Gasteiger partial charge is 0.508 e. The van der Waals surface area contributed by atoms with Crippen LogP contribution in [0.1, 0.15) is 39.0 Å². The molecule has 2 N–H and O–H groups in total. The van der Waals surface area contributed by atoms with Gasteiger partial charge < -0.3 is 9.83 Å². The van der Waals surface area contributed by atoms with Crippen LogP contribution in [0.5, 0.6) is 5.75 Å². The maximum atomic E-state index is 13.3. The monoisotopic (exact) mass is 435 g/mol. The summed E-state index contributed by atoms with van der Waals surface area (Å²) < 4.78 is 31.1. The van der Waals surface area contributed by atoms with E-state index in [1.54, 1.807) is 16.9 Å². The van der Waals surface area contributed by atoms with Gasteiger partial charge in [-0.2, -0.15) is 5.10 Å². The van der Waals surface area contributed by atoms with Crippen molar-refractivity contribution < 1.29 is 13.9 Å². The summed E-state index contributed by atoms with van der Waals surface area (Å²) >= 11 is 0.734. The third kappa shape index (κ3) is 8.77. The zero-order valence-electron chi connectivity index (χ0n) is 17.1. The first kappa shape index (κ1) is 23.6. The molecule has 162 valence electrons. The van der Waals surface area contributed by atoms with E-state index in [1.165, 1.54) is 44.6 Å². The normalized spacial score (nSPS) is 13.5. The molecule has 0 amide bonds. The van der Waals surface area contributed by atoms with Crippen LogP contribution < -0.4 is 4.72 Å². The Hall–Kier alpha value is -2.68. The van der Waals surface area contributed by atoms with E-state index in [1.807, 2.05) is 19.3 Å². The number of rotatable bonds is 3. The fraction of sp³-hybridized carbons (Fsp3) is 0.381. The number of halogens is 2. The number of benzene rings is 1. The molecule has 1 fully saturated rings. The molecule has 4 rings (SSSR count). The van der Waals surface area contributed by atoms with Crippen molar-refractivity contribution in [1.29, 1.82) is 0 Å². The summed E-state index contributed by atoms with van der Waals surface area (Å²) in [6, 6.07) is 5.13. The number of aryl methyl sites for hydroxylation is 1. The third-order valence-corrected chi connectivity index (χ3v) is 5.26. The molecule has 9 heteroatoms. The lowest BCUT2D eigenvalue weighted by Gasteiger charge is -2.15. The topological polar surface area (TPSA) is 75.9 Å². The first-order chi connectivity index (χ1) is 14.5. The molecule has 0 atom stereocenters. The van der Waals surface area contributed by atoms with Crippen LogP contribution in [-0.2, 0) is 7.05 Å². The Morgan fingerprint density at radius 3 is 2.27 bits per heavy atom. The predicted molar refractivity (Wildman–Crippen MR) is 115 cm³/mol. The van der Waals surface area contributed by atoms with Gasteiger partial charge in [0.1, 0.15) is 34.4 Å². The first-order valence-electron chi connectivity index (χ1n) is 9.76. The first-order valence-corrected chi connectivity index (χ1v) is 10.6. The summed E-state index contributed by atoms with van der Waals surface area (Å²) in [5.41, 5.74) is 0. The third-order valence-electron chi connectivity index (χ3n) is 4.35. The number of anilines is 1. The minimum Gasteiger partial charge on any atom is -0.508 e. The van der Waals surface area contributed by atoms with Gasteiger partial charge in [0.25, 0.3) is 0 Å². The molecule has 0 saturated heterocycles. The minimum absolute atomic E-state index is 0.235. The molecule has 0 radical (unpaired) electrons. The molecule has 0 spiro atoms. The lowest BCUT2D eigenvalue weighted by molar-refractivity contribution is 0.385. The van der Waals surface area contributed by atoms with E-state index in [9.17, 15) is 8.78 Å². The van der Waals surface area contributed by atoms with E-state index in [4.69, 9.17) is 5.11 Å². The van der Waals surface area contributed by atoms with Crippen LogP contribution in [0.4, 0.5) is 14.6 Å². The van der Waals surface area contributed by atoms with Gasteiger partial charge >= 0.3 is 0 Å². The number of phenolic OH excluding ortho intramolecular Hbond substituents is 1. The van der Waals surface area contributed by atoms with Crippen molar-refractivity contribution in [1.82, 2.24) is 19.7 Å². The summed E-state index contributed by atoms with van der Waals surface area (Å²) in [6.07, 6.45) is 13.9. The Morgan fingerprint density at radius 2 is 1.83 bits per heavy atom. The molecular formula is C21H27F2N5OS. The Kier molecular flexibility index (Phi) is 10.1. The molecule has 1 aliphatic rings. The average Bonchev–Trinajstić information content (AvgIpc) is 3.20. The van der Waals surface area contributed by atoms with Gasteiger partial charge in [0.05, 0.1) is 0 Å². The molecule has 0 unspecified atom stereocenters. The second-order valence-electron chi connectivity index (χ2n) is 6.96. The standard InChI is InChI=1S/C10H7F2N3OS.C7H14.C4H6N2/c11-7-3-6(16)4-8(12)10(7)17-15-9-1-2-13-5-14-9;1-7-5-3-2-4-6-7;1-6-4-2-3-5-6/h1-5,16H,(H,13,14,15);7H,2-6H2,1H3;2-4H,1H3. The fourth-order valence-corrected chi connectivity index (χ4v) is 3.39. The summed E-state index contributed by atoms with van der Waals surface area (Å²) in [7, 11) is 1.89. The molecular weight excluding hydrogens is 408 g/mol. The van der Waals surface area contributed by atoms with E-state index >= 15 is 0 Å². The molecule has 3 aromatic rings. The van der Waals surface area contributed by atoms with Gasteiger partial charge in [-0.1, -0.05) is 39.0 Å². The maximum Gasteiger partial charge on any atom is 0.145 e. The maximum absolute atomic E-state index is 13.3. The lowest BCUT2D eigenvalue weighted by Crippen LogP contribution is -1.99. The van der Waals surface area contributed by atoms with Crippen LogP contribution in [0.3, 0.4) is 0 Å². The second kappa shape index (κ2) is 12.8. The smallest absolute Gasteiger partial charge is 0.145 e. The number of phenols is 1. The Morgan fingerprint density at radius 1 is 1.13 bits per heavy atom. The number of hydrogen-bond donors (Lipinski definition) is 2. The fourth-order valence-electron chi connectivity index (χ4n) is 2.75. The quantitative estimate of drug-likeness (QED) is 0.523. The molecule has 0 aliphatic heterocycles. The van der Waals surface area contributed by atoms with Crippen molar-refractivity contribution in [3.8, 4) is 5.75 Å². The summed E-state index contributed by atoms with van der Waals surface area (Å²) in [4.78, 5) is 7.30. The highest BCUT2D eigenvalue weighted by Crippen LogP contribution is 2.28. The Bertz CT molecular complexity index is 836. The van der Waals surface area contributed by atoms with Crippen molar-refractivity contribution in [2.45, 2.75) is 43.9 Å². The van der Waals surface area contributed by atoms with E-state index < -0.39 is 17.4 Å². The predicted octanol–water partition coefficient (Wildman–Crippen LogP) is 5.59. The summed E-state index contributed by atoms with van der Waals surface area (Å²) in [6.45, 7) is 2.36. The summed E-state index contributed by atoms with van der Waals surface area (Å²) in [5.74, 6) is -0.667. The molecule has 0 bridgehead atoms. The number of nitrogens with one attached hydrogen (secondary N) is 1. The highest BCUT2D eigenvalue weighted by atomic mass is 32.2. The van der Waals surface area contributed by atoms with Crippen molar-refractivity contribution in [2.24, 2.45) is 13.0 Å². The van der Waals surface area contributed by atoms with Crippen LogP contribution in [-0.4, -0.2) is 24.9 Å². The highest BCUT2D eigenvalue weighted by Gasteiger charge is 2.12. The lowest BCUT2D eigenvalue weighted by atomic mass is 9.91. The van der Waals surface area contributed by atoms with E-state index in [0.717, 1.165) is 30.0 Å². The molecule has 2 aromatic heterocycles. The van der Waals surface area contributed by atoms with Gasteiger partial charge in [-0.25, -0.2) is 18.7 Å². The van der Waals surface area contributed by atoms with Gasteiger partial charge in [0, 0.05) is 37.8 Å².